The molecule has 0 unspecified atom stereocenters. The summed E-state index contributed by atoms with van der Waals surface area (Å²) in [7, 11) is 3.59. The molecule has 0 amide bonds. The molecule has 24 heavy (non-hydrogen) atoms. The average molecular weight is 321 g/mol. The van der Waals surface area contributed by atoms with Crippen LogP contribution in [0.5, 0.6) is 5.88 Å². The number of aromatic nitrogens is 1. The molecular formula is C19H19N3O2. The third kappa shape index (κ3) is 2.76. The minimum absolute atomic E-state index is 0.117. The van der Waals surface area contributed by atoms with Gasteiger partial charge in [-0.25, -0.2) is 4.57 Å². The first-order valence-corrected chi connectivity index (χ1v) is 7.64. The summed E-state index contributed by atoms with van der Waals surface area (Å²) in [6.07, 6.45) is 1.57. The van der Waals surface area contributed by atoms with Crippen molar-refractivity contribution in [2.75, 3.05) is 14.1 Å². The topological polar surface area (TPSA) is 57.8 Å². The number of hydrazone groups is 1. The normalized spacial score (nSPS) is 11.3. The molecule has 0 atom stereocenters. The Morgan fingerprint density at radius 2 is 1.67 bits per heavy atom. The van der Waals surface area contributed by atoms with E-state index in [2.05, 4.69) is 5.10 Å². The highest BCUT2D eigenvalue weighted by Gasteiger charge is 2.16. The molecule has 3 aromatic rings. The van der Waals surface area contributed by atoms with E-state index >= 15 is 0 Å². The monoisotopic (exact) mass is 321 g/mol. The Morgan fingerprint density at radius 3 is 2.29 bits per heavy atom. The third-order valence-electron chi connectivity index (χ3n) is 3.81. The predicted octanol–water partition coefficient (Wildman–Crippen LogP) is 2.90. The molecule has 1 N–H and O–H groups in total. The van der Waals surface area contributed by atoms with E-state index < -0.39 is 0 Å². The molecule has 3 rings (SSSR count). The van der Waals surface area contributed by atoms with Gasteiger partial charge in [0.2, 0.25) is 5.88 Å². The van der Waals surface area contributed by atoms with Crippen LogP contribution in [0.2, 0.25) is 0 Å². The Morgan fingerprint density at radius 1 is 1.04 bits per heavy atom. The lowest BCUT2D eigenvalue weighted by Crippen LogP contribution is -2.20. The smallest absolute Gasteiger partial charge is 0.265 e. The van der Waals surface area contributed by atoms with Crippen LogP contribution in [0.3, 0.4) is 0 Å². The second-order valence-corrected chi connectivity index (χ2v) is 5.85. The molecule has 0 radical (unpaired) electrons. The van der Waals surface area contributed by atoms with Crippen molar-refractivity contribution in [3.63, 3.8) is 0 Å². The zero-order valence-corrected chi connectivity index (χ0v) is 13.9. The van der Waals surface area contributed by atoms with E-state index in [9.17, 15) is 9.90 Å². The van der Waals surface area contributed by atoms with Gasteiger partial charge in [-0.1, -0.05) is 35.9 Å². The van der Waals surface area contributed by atoms with Crippen LogP contribution in [-0.2, 0) is 0 Å². The first kappa shape index (κ1) is 15.8. The highest BCUT2D eigenvalue weighted by Crippen LogP contribution is 2.25. The van der Waals surface area contributed by atoms with Crippen LogP contribution in [0, 0.1) is 6.92 Å². The summed E-state index contributed by atoms with van der Waals surface area (Å²) in [6.45, 7) is 1.97. The Kier molecular flexibility index (Phi) is 4.08. The molecule has 1 heterocycles. The zero-order valence-electron chi connectivity index (χ0n) is 13.9. The van der Waals surface area contributed by atoms with Gasteiger partial charge in [0.05, 0.1) is 17.5 Å². The summed E-state index contributed by atoms with van der Waals surface area (Å²) in [4.78, 5) is 12.9. The van der Waals surface area contributed by atoms with Crippen LogP contribution in [0.15, 0.2) is 58.4 Å². The van der Waals surface area contributed by atoms with Crippen LogP contribution in [0.1, 0.15) is 11.1 Å². The summed E-state index contributed by atoms with van der Waals surface area (Å²) in [6, 6.07) is 14.7. The fraction of sp³-hybridized carbons (Fsp3) is 0.158. The molecule has 0 fully saturated rings. The second-order valence-electron chi connectivity index (χ2n) is 5.85. The summed E-state index contributed by atoms with van der Waals surface area (Å²) in [5, 5.41) is 17.8. The summed E-state index contributed by atoms with van der Waals surface area (Å²) in [5.41, 5.74) is 1.96. The van der Waals surface area contributed by atoms with Crippen molar-refractivity contribution in [3.8, 4) is 11.6 Å². The number of benzene rings is 2. The Hall–Kier alpha value is -3.08. The highest BCUT2D eigenvalue weighted by molar-refractivity contribution is 6.01. The minimum Gasteiger partial charge on any atom is -0.494 e. The van der Waals surface area contributed by atoms with E-state index in [1.54, 1.807) is 31.4 Å². The van der Waals surface area contributed by atoms with Crippen LogP contribution in [0.25, 0.3) is 16.5 Å². The molecule has 5 heteroatoms. The number of pyridine rings is 1. The van der Waals surface area contributed by atoms with Crippen LogP contribution < -0.4 is 5.56 Å². The molecular weight excluding hydrogens is 302 g/mol. The molecule has 0 saturated carbocycles. The van der Waals surface area contributed by atoms with Crippen LogP contribution >= 0.6 is 0 Å². The Bertz CT molecular complexity index is 970. The van der Waals surface area contributed by atoms with Gasteiger partial charge in [0.15, 0.2) is 0 Å². The highest BCUT2D eigenvalue weighted by atomic mass is 16.3. The average Bonchev–Trinajstić information content (AvgIpc) is 2.56. The van der Waals surface area contributed by atoms with Crippen molar-refractivity contribution >= 4 is 17.0 Å². The summed E-state index contributed by atoms with van der Waals surface area (Å²) < 4.78 is 1.32. The SMILES string of the molecule is Cc1ccc(-n2c(O)c(C=NN(C)C)c3ccccc3c2=O)cc1. The van der Waals surface area contributed by atoms with Gasteiger partial charge >= 0.3 is 0 Å². The van der Waals surface area contributed by atoms with Gasteiger partial charge in [-0.3, -0.25) is 4.79 Å². The lowest BCUT2D eigenvalue weighted by Gasteiger charge is -2.14. The summed E-state index contributed by atoms with van der Waals surface area (Å²) >= 11 is 0. The first-order valence-electron chi connectivity index (χ1n) is 7.64. The van der Waals surface area contributed by atoms with E-state index in [-0.39, 0.29) is 11.4 Å². The maximum atomic E-state index is 12.9. The molecule has 0 aliphatic rings. The van der Waals surface area contributed by atoms with E-state index in [4.69, 9.17) is 0 Å². The van der Waals surface area contributed by atoms with Crippen molar-refractivity contribution < 1.29 is 5.11 Å². The zero-order chi connectivity index (χ0) is 17.3. The van der Waals surface area contributed by atoms with E-state index in [1.165, 1.54) is 4.57 Å². The molecule has 1 aromatic heterocycles. The van der Waals surface area contributed by atoms with Crippen molar-refractivity contribution in [2.45, 2.75) is 6.92 Å². The summed E-state index contributed by atoms with van der Waals surface area (Å²) in [5.74, 6) is -0.117. The van der Waals surface area contributed by atoms with Gasteiger partial charge in [0.25, 0.3) is 5.56 Å². The van der Waals surface area contributed by atoms with E-state index in [0.29, 0.717) is 22.0 Å². The van der Waals surface area contributed by atoms with Crippen molar-refractivity contribution in [1.29, 1.82) is 0 Å². The van der Waals surface area contributed by atoms with Gasteiger partial charge in [0.1, 0.15) is 0 Å². The van der Waals surface area contributed by atoms with E-state index in [1.807, 2.05) is 49.4 Å². The number of aryl methyl sites for hydroxylation is 1. The molecule has 0 saturated heterocycles. The van der Waals surface area contributed by atoms with Gasteiger partial charge in [-0.05, 0) is 25.1 Å². The van der Waals surface area contributed by atoms with Crippen molar-refractivity contribution in [1.82, 2.24) is 9.58 Å². The van der Waals surface area contributed by atoms with Gasteiger partial charge in [-0.15, -0.1) is 0 Å². The lowest BCUT2D eigenvalue weighted by molar-refractivity contribution is 0.431. The molecule has 5 nitrogen and oxygen atoms in total. The number of fused-ring (bicyclic) bond motifs is 1. The maximum absolute atomic E-state index is 12.9. The standard InChI is InChI=1S/C19H19N3O2/c1-13-8-10-14(11-9-13)22-18(23)16-7-5-4-6-15(16)17(19(22)24)12-20-21(2)3/h4-12,24H,1-3H3. The number of rotatable bonds is 3. The molecule has 0 spiro atoms. The van der Waals surface area contributed by atoms with Gasteiger partial charge in [-0.2, -0.15) is 5.10 Å². The molecule has 0 aliphatic carbocycles. The fourth-order valence-corrected chi connectivity index (χ4v) is 2.60. The molecule has 0 bridgehead atoms. The van der Waals surface area contributed by atoms with Crippen molar-refractivity contribution in [3.05, 3.63) is 70.0 Å². The Labute approximate surface area is 140 Å². The minimum atomic E-state index is -0.256. The number of nitrogens with zero attached hydrogens (tertiary/aromatic N) is 3. The van der Waals surface area contributed by atoms with Crippen molar-refractivity contribution in [2.24, 2.45) is 5.10 Å². The Balaban J connectivity index is 2.38. The third-order valence-corrected chi connectivity index (χ3v) is 3.81. The predicted molar refractivity (Wildman–Crippen MR) is 97.2 cm³/mol. The van der Waals surface area contributed by atoms with Crippen LogP contribution in [-0.4, -0.2) is 35.0 Å². The fourth-order valence-electron chi connectivity index (χ4n) is 2.60. The number of hydrogen-bond donors (Lipinski definition) is 1. The lowest BCUT2D eigenvalue weighted by atomic mass is 10.1. The molecule has 0 aliphatic heterocycles. The number of aromatic hydroxyl groups is 1. The number of hydrogen-bond acceptors (Lipinski definition) is 4. The van der Waals surface area contributed by atoms with Crippen LogP contribution in [0.4, 0.5) is 0 Å². The van der Waals surface area contributed by atoms with Gasteiger partial charge in [0, 0.05) is 24.9 Å². The first-order chi connectivity index (χ1) is 11.5. The molecule has 2 aromatic carbocycles. The maximum Gasteiger partial charge on any atom is 0.265 e. The molecule has 122 valence electrons. The van der Waals surface area contributed by atoms with Gasteiger partial charge < -0.3 is 10.1 Å². The quantitative estimate of drug-likeness (QED) is 0.596. The second kappa shape index (κ2) is 6.20. The largest absolute Gasteiger partial charge is 0.494 e. The van der Waals surface area contributed by atoms with E-state index in [0.717, 1.165) is 5.56 Å².